The van der Waals surface area contributed by atoms with E-state index in [0.29, 0.717) is 18.3 Å². The highest BCUT2D eigenvalue weighted by atomic mass is 32.2. The molecule has 140 valence electrons. The Morgan fingerprint density at radius 1 is 1.38 bits per heavy atom. The van der Waals surface area contributed by atoms with Gasteiger partial charge in [-0.3, -0.25) is 4.40 Å². The first-order valence-electron chi connectivity index (χ1n) is 9.07. The Kier molecular flexibility index (Phi) is 4.23. The second-order valence-corrected chi connectivity index (χ2v) is 9.45. The molecule has 9 heteroatoms. The van der Waals surface area contributed by atoms with Crippen molar-refractivity contribution in [1.82, 2.24) is 24.6 Å². The number of nitrogens with two attached hydrogens (primary N) is 1. The Labute approximate surface area is 152 Å². The number of sulfonamides is 1. The molecule has 3 N–H and O–H groups in total. The summed E-state index contributed by atoms with van der Waals surface area (Å²) in [5, 5.41) is 13.6. The molecule has 0 amide bonds. The average Bonchev–Trinajstić information content (AvgIpc) is 3.29. The van der Waals surface area contributed by atoms with Crippen LogP contribution < -0.4 is 5.14 Å². The smallest absolute Gasteiger partial charge is 0.211 e. The molecule has 8 nitrogen and oxygen atoms in total. The second kappa shape index (κ2) is 6.31. The van der Waals surface area contributed by atoms with Gasteiger partial charge in [0.1, 0.15) is 5.82 Å². The Bertz CT molecular complexity index is 1040. The number of fused-ring (bicyclic) bond motifs is 3. The minimum absolute atomic E-state index is 0.258. The first kappa shape index (κ1) is 17.4. The van der Waals surface area contributed by atoms with Gasteiger partial charge >= 0.3 is 0 Å². The van der Waals surface area contributed by atoms with Gasteiger partial charge in [-0.1, -0.05) is 13.3 Å². The molecule has 3 heterocycles. The van der Waals surface area contributed by atoms with Gasteiger partial charge in [0, 0.05) is 12.1 Å². The summed E-state index contributed by atoms with van der Waals surface area (Å²) in [5.41, 5.74) is 2.52. The lowest BCUT2D eigenvalue weighted by Gasteiger charge is -2.16. The molecule has 1 unspecified atom stereocenters. The third-order valence-electron chi connectivity index (χ3n) is 5.84. The lowest BCUT2D eigenvalue weighted by molar-refractivity contribution is 0.436. The molecule has 3 aromatic rings. The van der Waals surface area contributed by atoms with E-state index in [1.165, 1.54) is 0 Å². The van der Waals surface area contributed by atoms with Gasteiger partial charge in [-0.05, 0) is 44.1 Å². The molecule has 1 aliphatic carbocycles. The van der Waals surface area contributed by atoms with Crippen molar-refractivity contribution in [1.29, 1.82) is 0 Å². The molecule has 0 saturated heterocycles. The first-order valence-corrected chi connectivity index (χ1v) is 10.7. The van der Waals surface area contributed by atoms with Gasteiger partial charge in [0.15, 0.2) is 11.3 Å². The number of hydrogen-bond donors (Lipinski definition) is 2. The van der Waals surface area contributed by atoms with Crippen LogP contribution in [-0.4, -0.2) is 38.2 Å². The predicted molar refractivity (Wildman–Crippen MR) is 99.1 cm³/mol. The molecule has 26 heavy (non-hydrogen) atoms. The van der Waals surface area contributed by atoms with Crippen molar-refractivity contribution in [3.05, 3.63) is 24.3 Å². The molecule has 0 radical (unpaired) electrons. The van der Waals surface area contributed by atoms with Crippen molar-refractivity contribution in [3.8, 4) is 0 Å². The summed E-state index contributed by atoms with van der Waals surface area (Å²) in [6.45, 7) is 3.88. The van der Waals surface area contributed by atoms with Crippen molar-refractivity contribution >= 4 is 26.8 Å². The lowest BCUT2D eigenvalue weighted by Crippen LogP contribution is -2.27. The summed E-state index contributed by atoms with van der Waals surface area (Å²) in [5.74, 6) is 1.99. The Morgan fingerprint density at radius 3 is 2.92 bits per heavy atom. The maximum Gasteiger partial charge on any atom is 0.211 e. The van der Waals surface area contributed by atoms with E-state index in [1.807, 2.05) is 12.3 Å². The van der Waals surface area contributed by atoms with Crippen LogP contribution in [0.5, 0.6) is 0 Å². The normalized spacial score (nSPS) is 25.3. The zero-order valence-corrected chi connectivity index (χ0v) is 15.8. The monoisotopic (exact) mass is 376 g/mol. The summed E-state index contributed by atoms with van der Waals surface area (Å²) in [4.78, 5) is 7.50. The Hall–Kier alpha value is -2.00. The summed E-state index contributed by atoms with van der Waals surface area (Å²) < 4.78 is 25.3. The van der Waals surface area contributed by atoms with Crippen molar-refractivity contribution in [2.75, 3.05) is 0 Å². The minimum atomic E-state index is -3.49. The van der Waals surface area contributed by atoms with Crippen LogP contribution in [0, 0.1) is 11.8 Å². The van der Waals surface area contributed by atoms with Crippen molar-refractivity contribution in [2.45, 2.75) is 50.7 Å². The summed E-state index contributed by atoms with van der Waals surface area (Å²) >= 11 is 0. The fourth-order valence-corrected chi connectivity index (χ4v) is 4.98. The van der Waals surface area contributed by atoms with Crippen molar-refractivity contribution in [3.63, 3.8) is 0 Å². The van der Waals surface area contributed by atoms with E-state index in [-0.39, 0.29) is 5.92 Å². The summed E-state index contributed by atoms with van der Waals surface area (Å²) in [6.07, 6.45) is 7.13. The van der Waals surface area contributed by atoms with E-state index in [2.05, 4.69) is 31.5 Å². The molecular formula is C17H24N6O2S. The topological polar surface area (TPSA) is 119 Å². The maximum absolute atomic E-state index is 11.6. The van der Waals surface area contributed by atoms with Crippen LogP contribution in [0.1, 0.15) is 51.3 Å². The SMILES string of the molecule is CC[C@@H]1C[C@H](CC(C)S(N)(=O)=O)C[C@@H]1c1nnc2cnc3[nH]ccc3n12. The highest BCUT2D eigenvalue weighted by Gasteiger charge is 2.38. The molecule has 0 aromatic carbocycles. The van der Waals surface area contributed by atoms with Crippen LogP contribution in [0.25, 0.3) is 16.8 Å². The Balaban J connectivity index is 1.69. The number of aromatic amines is 1. The van der Waals surface area contributed by atoms with E-state index < -0.39 is 15.3 Å². The van der Waals surface area contributed by atoms with E-state index in [1.54, 1.807) is 13.1 Å². The number of hydrogen-bond acceptors (Lipinski definition) is 5. The molecule has 3 aromatic heterocycles. The summed E-state index contributed by atoms with van der Waals surface area (Å²) in [6, 6.07) is 1.98. The molecule has 1 aliphatic rings. The third-order valence-corrected chi connectivity index (χ3v) is 7.16. The Morgan fingerprint density at radius 2 is 2.19 bits per heavy atom. The van der Waals surface area contributed by atoms with Gasteiger partial charge in [0.2, 0.25) is 10.0 Å². The lowest BCUT2D eigenvalue weighted by atomic mass is 9.93. The number of primary sulfonamides is 1. The highest BCUT2D eigenvalue weighted by molar-refractivity contribution is 7.89. The predicted octanol–water partition coefficient (Wildman–Crippen LogP) is 2.19. The van der Waals surface area contributed by atoms with E-state index >= 15 is 0 Å². The second-order valence-electron chi connectivity index (χ2n) is 7.47. The average molecular weight is 376 g/mol. The first-order chi connectivity index (χ1) is 12.4. The van der Waals surface area contributed by atoms with Crippen LogP contribution in [0.4, 0.5) is 0 Å². The molecule has 4 rings (SSSR count). The quantitative estimate of drug-likeness (QED) is 0.707. The molecule has 1 fully saturated rings. The molecule has 1 saturated carbocycles. The summed E-state index contributed by atoms with van der Waals surface area (Å²) in [7, 11) is -3.49. The van der Waals surface area contributed by atoms with E-state index in [0.717, 1.165) is 41.9 Å². The fourth-order valence-electron chi connectivity index (χ4n) is 4.44. The number of H-pyrrole nitrogens is 1. The van der Waals surface area contributed by atoms with Gasteiger partial charge in [0.05, 0.1) is 17.0 Å². The maximum atomic E-state index is 11.6. The zero-order valence-electron chi connectivity index (χ0n) is 15.0. The largest absolute Gasteiger partial charge is 0.345 e. The standard InChI is InChI=1S/C17H24N6O2S/c1-3-12-7-11(6-10(2)26(18,24)25)8-13(12)17-22-21-15-9-20-16-14(23(15)17)4-5-19-16/h4-5,9-13,19H,3,6-8H2,1-2H3,(H2,18,24,25)/t10?,11-,12+,13-/m0/s1. The van der Waals surface area contributed by atoms with Gasteiger partial charge in [-0.15, -0.1) is 10.2 Å². The van der Waals surface area contributed by atoms with Crippen LogP contribution in [0.2, 0.25) is 0 Å². The molecule has 0 spiro atoms. The molecule has 4 atom stereocenters. The molecular weight excluding hydrogens is 352 g/mol. The van der Waals surface area contributed by atoms with Crippen LogP contribution in [0.15, 0.2) is 18.5 Å². The number of rotatable bonds is 5. The highest BCUT2D eigenvalue weighted by Crippen LogP contribution is 2.46. The minimum Gasteiger partial charge on any atom is -0.345 e. The van der Waals surface area contributed by atoms with Gasteiger partial charge in [0.25, 0.3) is 0 Å². The van der Waals surface area contributed by atoms with Crippen LogP contribution in [-0.2, 0) is 10.0 Å². The molecule has 0 aliphatic heterocycles. The third kappa shape index (κ3) is 2.88. The number of nitrogens with zero attached hydrogens (tertiary/aromatic N) is 4. The van der Waals surface area contributed by atoms with Gasteiger partial charge in [-0.2, -0.15) is 0 Å². The van der Waals surface area contributed by atoms with Gasteiger partial charge in [-0.25, -0.2) is 18.5 Å². The zero-order chi connectivity index (χ0) is 18.5. The van der Waals surface area contributed by atoms with Crippen LogP contribution in [0.3, 0.4) is 0 Å². The molecule has 0 bridgehead atoms. The van der Waals surface area contributed by atoms with Crippen LogP contribution >= 0.6 is 0 Å². The number of nitrogens with one attached hydrogen (secondary N) is 1. The van der Waals surface area contributed by atoms with Gasteiger partial charge < -0.3 is 4.98 Å². The fraction of sp³-hybridized carbons (Fsp3) is 0.588. The van der Waals surface area contributed by atoms with E-state index in [9.17, 15) is 8.42 Å². The van der Waals surface area contributed by atoms with E-state index in [4.69, 9.17) is 5.14 Å². The van der Waals surface area contributed by atoms with Crippen molar-refractivity contribution < 1.29 is 8.42 Å². The number of aromatic nitrogens is 5. The van der Waals surface area contributed by atoms with Crippen molar-refractivity contribution in [2.24, 2.45) is 17.0 Å².